The number of methoxy groups -OCH3 is 2. The number of aromatic hydroxyl groups is 2. The number of phenolic OH excluding ortho intramolecular Hbond substituents is 2. The number of hydrogen-bond acceptors (Lipinski definition) is 5. The minimum atomic E-state index is 0.151. The SMILES string of the molecule is C=Cc1ccc(O)c(OC)c1.CCCN=Cc1ccc(O)c(OC)c1. The summed E-state index contributed by atoms with van der Waals surface area (Å²) in [7, 11) is 3.05. The monoisotopic (exact) mass is 343 g/mol. The van der Waals surface area contributed by atoms with Crippen LogP contribution in [0.15, 0.2) is 48.0 Å². The summed E-state index contributed by atoms with van der Waals surface area (Å²) in [5.41, 5.74) is 1.87. The molecule has 0 aliphatic heterocycles. The lowest BCUT2D eigenvalue weighted by atomic mass is 10.2. The predicted octanol–water partition coefficient (Wildman–Crippen LogP) is 4.27. The summed E-state index contributed by atoms with van der Waals surface area (Å²) in [4.78, 5) is 4.20. The van der Waals surface area contributed by atoms with Crippen LogP contribution in [0.3, 0.4) is 0 Å². The van der Waals surface area contributed by atoms with E-state index in [0.717, 1.165) is 24.1 Å². The van der Waals surface area contributed by atoms with Crippen LogP contribution < -0.4 is 9.47 Å². The zero-order valence-electron chi connectivity index (χ0n) is 14.9. The Bertz CT molecular complexity index is 711. The van der Waals surface area contributed by atoms with Gasteiger partial charge in [0.15, 0.2) is 23.0 Å². The number of aliphatic imine (C=N–C) groups is 1. The van der Waals surface area contributed by atoms with Crippen molar-refractivity contribution in [3.63, 3.8) is 0 Å². The third kappa shape index (κ3) is 6.59. The summed E-state index contributed by atoms with van der Waals surface area (Å²) in [6, 6.07) is 10.2. The van der Waals surface area contributed by atoms with Gasteiger partial charge in [-0.3, -0.25) is 4.99 Å². The van der Waals surface area contributed by atoms with Gasteiger partial charge in [-0.2, -0.15) is 0 Å². The predicted molar refractivity (Wildman–Crippen MR) is 102 cm³/mol. The molecule has 0 saturated carbocycles. The number of nitrogens with zero attached hydrogens (tertiary/aromatic N) is 1. The second-order valence-electron chi connectivity index (χ2n) is 5.10. The van der Waals surface area contributed by atoms with Crippen LogP contribution in [0.5, 0.6) is 23.0 Å². The van der Waals surface area contributed by atoms with E-state index in [4.69, 9.17) is 9.47 Å². The van der Waals surface area contributed by atoms with E-state index in [1.807, 2.05) is 0 Å². The van der Waals surface area contributed by atoms with Gasteiger partial charge in [0.2, 0.25) is 0 Å². The van der Waals surface area contributed by atoms with Crippen LogP contribution in [-0.4, -0.2) is 37.2 Å². The van der Waals surface area contributed by atoms with Crippen molar-refractivity contribution in [3.05, 3.63) is 54.1 Å². The van der Waals surface area contributed by atoms with E-state index in [9.17, 15) is 10.2 Å². The zero-order valence-corrected chi connectivity index (χ0v) is 14.9. The van der Waals surface area contributed by atoms with Gasteiger partial charge in [0.05, 0.1) is 14.2 Å². The minimum absolute atomic E-state index is 0.151. The maximum absolute atomic E-state index is 9.34. The first-order valence-corrected chi connectivity index (χ1v) is 7.92. The van der Waals surface area contributed by atoms with Crippen molar-refractivity contribution >= 4 is 12.3 Å². The highest BCUT2D eigenvalue weighted by Gasteiger charge is 2.00. The molecule has 2 rings (SSSR count). The Morgan fingerprint density at radius 1 is 0.960 bits per heavy atom. The van der Waals surface area contributed by atoms with Gasteiger partial charge in [-0.1, -0.05) is 25.6 Å². The average Bonchev–Trinajstić information content (AvgIpc) is 2.64. The van der Waals surface area contributed by atoms with Crippen molar-refractivity contribution in [2.24, 2.45) is 4.99 Å². The Balaban J connectivity index is 0.000000257. The molecule has 0 aliphatic rings. The molecule has 0 heterocycles. The molecule has 5 heteroatoms. The number of rotatable bonds is 6. The highest BCUT2D eigenvalue weighted by Crippen LogP contribution is 2.26. The van der Waals surface area contributed by atoms with Crippen LogP contribution in [0.1, 0.15) is 24.5 Å². The largest absolute Gasteiger partial charge is 0.504 e. The van der Waals surface area contributed by atoms with E-state index in [1.54, 1.807) is 48.7 Å². The highest BCUT2D eigenvalue weighted by molar-refractivity contribution is 5.80. The minimum Gasteiger partial charge on any atom is -0.504 e. The van der Waals surface area contributed by atoms with E-state index in [2.05, 4.69) is 18.5 Å². The summed E-state index contributed by atoms with van der Waals surface area (Å²) in [6.45, 7) is 6.50. The van der Waals surface area contributed by atoms with Gasteiger partial charge in [-0.15, -0.1) is 0 Å². The molecule has 0 bridgehead atoms. The standard InChI is InChI=1S/C11H15NO2.C9H10O2/c1-3-6-12-8-9-4-5-10(13)11(7-9)14-2;1-3-7-4-5-8(10)9(6-7)11-2/h4-5,7-8,13H,3,6H2,1-2H3;3-6,10H,1H2,2H3. The van der Waals surface area contributed by atoms with Crippen molar-refractivity contribution in [1.82, 2.24) is 0 Å². The van der Waals surface area contributed by atoms with E-state index in [0.29, 0.717) is 11.5 Å². The summed E-state index contributed by atoms with van der Waals surface area (Å²) >= 11 is 0. The lowest BCUT2D eigenvalue weighted by Crippen LogP contribution is -1.87. The maximum Gasteiger partial charge on any atom is 0.161 e. The second-order valence-corrected chi connectivity index (χ2v) is 5.10. The van der Waals surface area contributed by atoms with E-state index in [-0.39, 0.29) is 11.5 Å². The van der Waals surface area contributed by atoms with Crippen LogP contribution in [0.4, 0.5) is 0 Å². The Morgan fingerprint density at radius 3 is 1.96 bits per heavy atom. The summed E-state index contributed by atoms with van der Waals surface area (Å²) in [5.74, 6) is 1.26. The van der Waals surface area contributed by atoms with Gasteiger partial charge in [0.1, 0.15) is 0 Å². The molecule has 0 aliphatic carbocycles. The fourth-order valence-electron chi connectivity index (χ4n) is 1.89. The molecular formula is C20H25NO4. The Labute approximate surface area is 148 Å². The molecule has 0 spiro atoms. The molecule has 2 aromatic rings. The van der Waals surface area contributed by atoms with Gasteiger partial charge < -0.3 is 19.7 Å². The fraction of sp³-hybridized carbons (Fsp3) is 0.250. The Kier molecular flexibility index (Phi) is 8.65. The third-order valence-electron chi connectivity index (χ3n) is 3.24. The first kappa shape index (κ1) is 20.1. The van der Waals surface area contributed by atoms with E-state index < -0.39 is 0 Å². The van der Waals surface area contributed by atoms with Crippen LogP contribution in [0.25, 0.3) is 6.08 Å². The smallest absolute Gasteiger partial charge is 0.161 e. The van der Waals surface area contributed by atoms with Crippen molar-refractivity contribution in [3.8, 4) is 23.0 Å². The van der Waals surface area contributed by atoms with Crippen molar-refractivity contribution in [2.45, 2.75) is 13.3 Å². The van der Waals surface area contributed by atoms with E-state index >= 15 is 0 Å². The van der Waals surface area contributed by atoms with Crippen LogP contribution in [0.2, 0.25) is 0 Å². The lowest BCUT2D eigenvalue weighted by molar-refractivity contribution is 0.373. The fourth-order valence-corrected chi connectivity index (χ4v) is 1.89. The number of ether oxygens (including phenoxy) is 2. The Hall–Kier alpha value is -2.95. The molecule has 2 aromatic carbocycles. The summed E-state index contributed by atoms with van der Waals surface area (Å²) < 4.78 is 9.87. The van der Waals surface area contributed by atoms with E-state index in [1.165, 1.54) is 14.2 Å². The van der Waals surface area contributed by atoms with Gasteiger partial charge in [0.25, 0.3) is 0 Å². The number of benzene rings is 2. The molecule has 25 heavy (non-hydrogen) atoms. The van der Waals surface area contributed by atoms with Crippen molar-refractivity contribution < 1.29 is 19.7 Å². The number of hydrogen-bond donors (Lipinski definition) is 2. The van der Waals surface area contributed by atoms with Gasteiger partial charge in [-0.05, 0) is 47.9 Å². The molecule has 0 amide bonds. The molecule has 2 N–H and O–H groups in total. The molecule has 0 aromatic heterocycles. The van der Waals surface area contributed by atoms with Crippen LogP contribution in [0, 0.1) is 0 Å². The molecule has 134 valence electrons. The third-order valence-corrected chi connectivity index (χ3v) is 3.24. The van der Waals surface area contributed by atoms with Gasteiger partial charge in [0, 0.05) is 12.8 Å². The average molecular weight is 343 g/mol. The van der Waals surface area contributed by atoms with Crippen molar-refractivity contribution in [1.29, 1.82) is 0 Å². The highest BCUT2D eigenvalue weighted by atomic mass is 16.5. The van der Waals surface area contributed by atoms with Crippen LogP contribution in [-0.2, 0) is 0 Å². The second kappa shape index (κ2) is 10.8. The normalized spacial score (nSPS) is 10.0. The molecule has 0 unspecified atom stereocenters. The van der Waals surface area contributed by atoms with Gasteiger partial charge in [-0.25, -0.2) is 0 Å². The molecule has 0 saturated heterocycles. The maximum atomic E-state index is 9.34. The Morgan fingerprint density at radius 2 is 1.48 bits per heavy atom. The molecule has 0 radical (unpaired) electrons. The van der Waals surface area contributed by atoms with Gasteiger partial charge >= 0.3 is 0 Å². The zero-order chi connectivity index (χ0) is 18.7. The molecular weight excluding hydrogens is 318 g/mol. The number of phenols is 2. The quantitative estimate of drug-likeness (QED) is 0.768. The topological polar surface area (TPSA) is 71.3 Å². The first-order valence-electron chi connectivity index (χ1n) is 7.92. The molecule has 0 atom stereocenters. The first-order chi connectivity index (χ1) is 12.0. The summed E-state index contributed by atoms with van der Waals surface area (Å²) in [6.07, 6.45) is 4.51. The molecule has 0 fully saturated rings. The van der Waals surface area contributed by atoms with Crippen molar-refractivity contribution in [2.75, 3.05) is 20.8 Å². The van der Waals surface area contributed by atoms with Crippen LogP contribution >= 0.6 is 0 Å². The lowest BCUT2D eigenvalue weighted by Gasteiger charge is -2.03. The molecule has 5 nitrogen and oxygen atoms in total. The summed E-state index contributed by atoms with van der Waals surface area (Å²) in [5, 5.41) is 18.5.